The Morgan fingerprint density at radius 3 is 2.89 bits per heavy atom. The summed E-state index contributed by atoms with van der Waals surface area (Å²) >= 11 is 0. The number of likely N-dealkylation sites (tertiary alicyclic amines) is 1. The third kappa shape index (κ3) is 2.87. The van der Waals surface area contributed by atoms with Crippen LogP contribution in [0.5, 0.6) is 0 Å². The molecule has 3 nitrogen and oxygen atoms in total. The minimum absolute atomic E-state index is 0.248. The molecule has 1 saturated heterocycles. The van der Waals surface area contributed by atoms with Gasteiger partial charge in [-0.05, 0) is 50.8 Å². The maximum atomic E-state index is 6.12. The molecule has 0 amide bonds. The Labute approximate surface area is 116 Å². The zero-order chi connectivity index (χ0) is 13.4. The van der Waals surface area contributed by atoms with E-state index >= 15 is 0 Å². The Morgan fingerprint density at radius 1 is 1.42 bits per heavy atom. The van der Waals surface area contributed by atoms with Crippen LogP contribution in [0.25, 0.3) is 0 Å². The minimum atomic E-state index is 0.248. The topological polar surface area (TPSA) is 42.4 Å². The summed E-state index contributed by atoms with van der Waals surface area (Å²) in [5.74, 6) is 3.80. The van der Waals surface area contributed by atoms with Crippen LogP contribution in [0.15, 0.2) is 16.5 Å². The van der Waals surface area contributed by atoms with E-state index in [0.717, 1.165) is 24.8 Å². The predicted octanol–water partition coefficient (Wildman–Crippen LogP) is 3.10. The van der Waals surface area contributed by atoms with Crippen LogP contribution in [-0.2, 0) is 6.54 Å². The molecule has 0 radical (unpaired) electrons. The molecule has 0 aromatic carbocycles. The Bertz CT molecular complexity index is 426. The van der Waals surface area contributed by atoms with Crippen molar-refractivity contribution >= 4 is 0 Å². The third-order valence-corrected chi connectivity index (χ3v) is 4.79. The molecule has 1 aliphatic carbocycles. The van der Waals surface area contributed by atoms with Gasteiger partial charge in [0.25, 0.3) is 0 Å². The maximum Gasteiger partial charge on any atom is 0.118 e. The van der Waals surface area contributed by atoms with E-state index in [1.807, 2.05) is 0 Å². The Hall–Kier alpha value is -0.800. The fourth-order valence-electron chi connectivity index (χ4n) is 3.41. The average molecular weight is 262 g/mol. The van der Waals surface area contributed by atoms with Gasteiger partial charge in [0.1, 0.15) is 11.5 Å². The average Bonchev–Trinajstić information content (AvgIpc) is 2.94. The van der Waals surface area contributed by atoms with Crippen molar-refractivity contribution in [2.45, 2.75) is 64.1 Å². The van der Waals surface area contributed by atoms with Gasteiger partial charge in [0.05, 0.1) is 6.54 Å². The summed E-state index contributed by atoms with van der Waals surface area (Å²) in [5, 5.41) is 0. The fraction of sp³-hybridized carbons (Fsp3) is 0.750. The highest BCUT2D eigenvalue weighted by atomic mass is 16.3. The van der Waals surface area contributed by atoms with Gasteiger partial charge in [-0.3, -0.25) is 4.90 Å². The van der Waals surface area contributed by atoms with E-state index in [2.05, 4.69) is 30.9 Å². The van der Waals surface area contributed by atoms with E-state index in [0.29, 0.717) is 12.0 Å². The van der Waals surface area contributed by atoms with Gasteiger partial charge in [-0.25, -0.2) is 0 Å². The number of hydrogen-bond donors (Lipinski definition) is 1. The van der Waals surface area contributed by atoms with Gasteiger partial charge in [0, 0.05) is 18.0 Å². The summed E-state index contributed by atoms with van der Waals surface area (Å²) in [5.41, 5.74) is 6.12. The molecule has 1 aromatic rings. The van der Waals surface area contributed by atoms with Crippen molar-refractivity contribution in [3.8, 4) is 0 Å². The molecular formula is C16H26N2O. The van der Waals surface area contributed by atoms with Gasteiger partial charge < -0.3 is 10.2 Å². The minimum Gasteiger partial charge on any atom is -0.464 e. The molecule has 3 rings (SSSR count). The molecule has 19 heavy (non-hydrogen) atoms. The first kappa shape index (κ1) is 13.2. The van der Waals surface area contributed by atoms with Crippen LogP contribution in [0.1, 0.15) is 57.0 Å². The van der Waals surface area contributed by atoms with E-state index < -0.39 is 0 Å². The summed E-state index contributed by atoms with van der Waals surface area (Å²) in [7, 11) is 0. The summed E-state index contributed by atoms with van der Waals surface area (Å²) in [6.07, 6.45) is 5.12. The Balaban J connectivity index is 1.64. The molecule has 2 N–H and O–H groups in total. The zero-order valence-electron chi connectivity index (χ0n) is 12.1. The normalized spacial score (nSPS) is 33.3. The number of hydrogen-bond acceptors (Lipinski definition) is 3. The molecule has 2 aliphatic rings. The molecule has 1 saturated carbocycles. The molecule has 0 spiro atoms. The monoisotopic (exact) mass is 262 g/mol. The van der Waals surface area contributed by atoms with Gasteiger partial charge >= 0.3 is 0 Å². The van der Waals surface area contributed by atoms with E-state index in [1.165, 1.54) is 31.4 Å². The van der Waals surface area contributed by atoms with E-state index in [1.54, 1.807) is 0 Å². The van der Waals surface area contributed by atoms with Crippen molar-refractivity contribution < 1.29 is 4.42 Å². The van der Waals surface area contributed by atoms with Crippen LogP contribution in [0.2, 0.25) is 0 Å². The van der Waals surface area contributed by atoms with E-state index in [-0.39, 0.29) is 6.04 Å². The van der Waals surface area contributed by atoms with Crippen LogP contribution in [0.4, 0.5) is 0 Å². The highest BCUT2D eigenvalue weighted by molar-refractivity contribution is 5.17. The van der Waals surface area contributed by atoms with Crippen LogP contribution in [-0.4, -0.2) is 23.5 Å². The summed E-state index contributed by atoms with van der Waals surface area (Å²) in [6.45, 7) is 6.50. The highest BCUT2D eigenvalue weighted by Gasteiger charge is 2.36. The lowest BCUT2D eigenvalue weighted by molar-refractivity contribution is 0.113. The number of nitrogens with two attached hydrogens (primary N) is 1. The zero-order valence-corrected chi connectivity index (χ0v) is 12.1. The van der Waals surface area contributed by atoms with Crippen molar-refractivity contribution in [2.24, 2.45) is 11.7 Å². The second kappa shape index (κ2) is 5.29. The fourth-order valence-corrected chi connectivity index (χ4v) is 3.41. The Kier molecular flexibility index (Phi) is 3.68. The first-order chi connectivity index (χ1) is 9.15. The lowest BCUT2D eigenvalue weighted by atomic mass is 9.97. The van der Waals surface area contributed by atoms with Gasteiger partial charge in [-0.1, -0.05) is 13.3 Å². The summed E-state index contributed by atoms with van der Waals surface area (Å²) in [6, 6.07) is 5.10. The lowest BCUT2D eigenvalue weighted by Crippen LogP contribution is -2.48. The standard InChI is InChI=1S/C16H26N2O/c1-11-9-14(11)16-7-6-13(19-16)10-18-8-4-3-5-15(18)12(2)17/h6-7,11-12,14-15H,3-5,8-10,17H2,1-2H3. The predicted molar refractivity (Wildman–Crippen MR) is 76.9 cm³/mol. The van der Waals surface area contributed by atoms with Gasteiger partial charge in [0.2, 0.25) is 0 Å². The van der Waals surface area contributed by atoms with Gasteiger partial charge in [-0.2, -0.15) is 0 Å². The molecule has 2 heterocycles. The number of piperidine rings is 1. The molecule has 3 heteroatoms. The second-order valence-corrected chi connectivity index (χ2v) is 6.52. The van der Waals surface area contributed by atoms with Crippen molar-refractivity contribution in [1.29, 1.82) is 0 Å². The SMILES string of the molecule is CC(N)C1CCCCN1Cc1ccc(C2CC2C)o1. The third-order valence-electron chi connectivity index (χ3n) is 4.79. The second-order valence-electron chi connectivity index (χ2n) is 6.52. The van der Waals surface area contributed by atoms with E-state index in [4.69, 9.17) is 10.2 Å². The van der Waals surface area contributed by atoms with Crippen LogP contribution in [0.3, 0.4) is 0 Å². The molecule has 106 valence electrons. The van der Waals surface area contributed by atoms with Gasteiger partial charge in [0.15, 0.2) is 0 Å². The smallest absolute Gasteiger partial charge is 0.118 e. The molecular weight excluding hydrogens is 236 g/mol. The molecule has 2 fully saturated rings. The molecule has 0 bridgehead atoms. The van der Waals surface area contributed by atoms with Crippen LogP contribution >= 0.6 is 0 Å². The number of furan rings is 1. The van der Waals surface area contributed by atoms with Crippen molar-refractivity contribution in [2.75, 3.05) is 6.54 Å². The van der Waals surface area contributed by atoms with Crippen molar-refractivity contribution in [3.63, 3.8) is 0 Å². The number of nitrogens with zero attached hydrogens (tertiary/aromatic N) is 1. The molecule has 4 unspecified atom stereocenters. The summed E-state index contributed by atoms with van der Waals surface area (Å²) < 4.78 is 6.03. The first-order valence-corrected chi connectivity index (χ1v) is 7.73. The van der Waals surface area contributed by atoms with Crippen molar-refractivity contribution in [1.82, 2.24) is 4.90 Å². The van der Waals surface area contributed by atoms with Crippen LogP contribution in [0, 0.1) is 5.92 Å². The molecule has 1 aliphatic heterocycles. The highest BCUT2D eigenvalue weighted by Crippen LogP contribution is 2.47. The number of rotatable bonds is 4. The molecule has 1 aromatic heterocycles. The van der Waals surface area contributed by atoms with Crippen LogP contribution < -0.4 is 5.73 Å². The lowest BCUT2D eigenvalue weighted by Gasteiger charge is -2.37. The maximum absolute atomic E-state index is 6.12. The summed E-state index contributed by atoms with van der Waals surface area (Å²) in [4.78, 5) is 2.51. The van der Waals surface area contributed by atoms with E-state index in [9.17, 15) is 0 Å². The first-order valence-electron chi connectivity index (χ1n) is 7.73. The Morgan fingerprint density at radius 2 is 2.21 bits per heavy atom. The molecule has 4 atom stereocenters. The van der Waals surface area contributed by atoms with Gasteiger partial charge in [-0.15, -0.1) is 0 Å². The quantitative estimate of drug-likeness (QED) is 0.906. The largest absolute Gasteiger partial charge is 0.464 e. The van der Waals surface area contributed by atoms with Crippen molar-refractivity contribution in [3.05, 3.63) is 23.7 Å².